The van der Waals surface area contributed by atoms with E-state index in [0.717, 1.165) is 31.5 Å². The van der Waals surface area contributed by atoms with Crippen LogP contribution in [0.4, 0.5) is 13.2 Å². The number of benzene rings is 1. The maximum atomic E-state index is 12.6. The third-order valence-corrected chi connectivity index (χ3v) is 3.89. The van der Waals surface area contributed by atoms with Gasteiger partial charge in [-0.05, 0) is 31.0 Å². The predicted octanol–water partition coefficient (Wildman–Crippen LogP) is 3.21. The Balaban J connectivity index is 2.12. The van der Waals surface area contributed by atoms with Gasteiger partial charge in [0.15, 0.2) is 0 Å². The Morgan fingerprint density at radius 3 is 2.75 bits per heavy atom. The molecular weight excluding hydrogens is 267 g/mol. The Labute approximate surface area is 116 Å². The minimum atomic E-state index is -4.37. The van der Waals surface area contributed by atoms with E-state index in [2.05, 4.69) is 5.32 Å². The van der Waals surface area contributed by atoms with Crippen molar-refractivity contribution in [2.45, 2.75) is 32.4 Å². The SMILES string of the molecule is CC1(C(=O)Cc2cccc(C(F)(F)F)c2)CCCNC1. The molecule has 0 aromatic heterocycles. The maximum absolute atomic E-state index is 12.6. The van der Waals surface area contributed by atoms with E-state index in [9.17, 15) is 18.0 Å². The van der Waals surface area contributed by atoms with Crippen LogP contribution in [0.2, 0.25) is 0 Å². The van der Waals surface area contributed by atoms with Gasteiger partial charge in [0.1, 0.15) is 5.78 Å². The van der Waals surface area contributed by atoms with E-state index < -0.39 is 17.2 Å². The molecule has 0 amide bonds. The fourth-order valence-electron chi connectivity index (χ4n) is 2.55. The summed E-state index contributed by atoms with van der Waals surface area (Å²) in [7, 11) is 0. The van der Waals surface area contributed by atoms with Crippen molar-refractivity contribution < 1.29 is 18.0 Å². The summed E-state index contributed by atoms with van der Waals surface area (Å²) < 4.78 is 37.9. The molecule has 1 atom stereocenters. The molecular formula is C15H18F3NO. The monoisotopic (exact) mass is 285 g/mol. The number of Topliss-reactive ketones (excluding diaryl/α,β-unsaturated/α-hetero) is 1. The number of halogens is 3. The quantitative estimate of drug-likeness (QED) is 0.924. The average Bonchev–Trinajstić information content (AvgIpc) is 2.39. The highest BCUT2D eigenvalue weighted by Crippen LogP contribution is 2.31. The Hall–Kier alpha value is -1.36. The molecule has 1 saturated heterocycles. The van der Waals surface area contributed by atoms with Crippen LogP contribution in [-0.4, -0.2) is 18.9 Å². The predicted molar refractivity (Wildman–Crippen MR) is 70.4 cm³/mol. The number of carbonyl (C=O) groups is 1. The molecule has 1 aromatic carbocycles. The zero-order valence-electron chi connectivity index (χ0n) is 11.4. The van der Waals surface area contributed by atoms with Crippen LogP contribution in [-0.2, 0) is 17.4 Å². The molecule has 0 spiro atoms. The lowest BCUT2D eigenvalue weighted by Crippen LogP contribution is -2.44. The molecule has 1 aliphatic rings. The fourth-order valence-corrected chi connectivity index (χ4v) is 2.55. The Morgan fingerprint density at radius 2 is 2.15 bits per heavy atom. The molecule has 1 aliphatic heterocycles. The summed E-state index contributed by atoms with van der Waals surface area (Å²) in [5.74, 6) is 0.00373. The van der Waals surface area contributed by atoms with Crippen molar-refractivity contribution in [1.82, 2.24) is 5.32 Å². The number of hydrogen-bond donors (Lipinski definition) is 1. The molecule has 2 nitrogen and oxygen atoms in total. The van der Waals surface area contributed by atoms with Gasteiger partial charge in [0.05, 0.1) is 5.56 Å². The van der Waals surface area contributed by atoms with Gasteiger partial charge in [-0.2, -0.15) is 13.2 Å². The number of piperidine rings is 1. The number of rotatable bonds is 3. The maximum Gasteiger partial charge on any atom is 0.416 e. The minimum absolute atomic E-state index is 0.00373. The summed E-state index contributed by atoms with van der Waals surface area (Å²) in [4.78, 5) is 12.3. The van der Waals surface area contributed by atoms with E-state index in [-0.39, 0.29) is 12.2 Å². The van der Waals surface area contributed by atoms with E-state index in [1.807, 2.05) is 6.92 Å². The third-order valence-electron chi connectivity index (χ3n) is 3.89. The zero-order chi connectivity index (χ0) is 14.8. The summed E-state index contributed by atoms with van der Waals surface area (Å²) in [5, 5.41) is 3.18. The highest BCUT2D eigenvalue weighted by molar-refractivity contribution is 5.86. The lowest BCUT2D eigenvalue weighted by atomic mass is 9.77. The molecule has 110 valence electrons. The van der Waals surface area contributed by atoms with Crippen molar-refractivity contribution in [3.8, 4) is 0 Å². The van der Waals surface area contributed by atoms with Gasteiger partial charge in [-0.15, -0.1) is 0 Å². The van der Waals surface area contributed by atoms with Gasteiger partial charge >= 0.3 is 6.18 Å². The van der Waals surface area contributed by atoms with E-state index in [0.29, 0.717) is 12.1 Å². The summed E-state index contributed by atoms with van der Waals surface area (Å²) in [6, 6.07) is 5.02. The first-order chi connectivity index (χ1) is 9.31. The van der Waals surface area contributed by atoms with Gasteiger partial charge in [0, 0.05) is 18.4 Å². The largest absolute Gasteiger partial charge is 0.416 e. The average molecular weight is 285 g/mol. The first-order valence-corrected chi connectivity index (χ1v) is 6.71. The first kappa shape index (κ1) is 15.0. The van der Waals surface area contributed by atoms with Crippen molar-refractivity contribution in [2.75, 3.05) is 13.1 Å². The van der Waals surface area contributed by atoms with Gasteiger partial charge in [-0.25, -0.2) is 0 Å². The van der Waals surface area contributed by atoms with Crippen LogP contribution < -0.4 is 5.32 Å². The van der Waals surface area contributed by atoms with Crippen molar-refractivity contribution >= 4 is 5.78 Å². The van der Waals surface area contributed by atoms with E-state index in [4.69, 9.17) is 0 Å². The van der Waals surface area contributed by atoms with E-state index in [1.165, 1.54) is 6.07 Å². The molecule has 1 N–H and O–H groups in total. The highest BCUT2D eigenvalue weighted by Gasteiger charge is 2.35. The normalized spacial score (nSPS) is 23.6. The topological polar surface area (TPSA) is 29.1 Å². The number of alkyl halides is 3. The molecule has 20 heavy (non-hydrogen) atoms. The second kappa shape index (κ2) is 5.56. The molecule has 1 aromatic rings. The van der Waals surface area contributed by atoms with Gasteiger partial charge < -0.3 is 5.32 Å². The Kier molecular flexibility index (Phi) is 4.18. The zero-order valence-corrected chi connectivity index (χ0v) is 11.4. The van der Waals surface area contributed by atoms with Crippen LogP contribution in [0, 0.1) is 5.41 Å². The van der Waals surface area contributed by atoms with Crippen molar-refractivity contribution in [1.29, 1.82) is 0 Å². The summed E-state index contributed by atoms with van der Waals surface area (Å²) in [5.41, 5.74) is -0.738. The minimum Gasteiger partial charge on any atom is -0.316 e. The van der Waals surface area contributed by atoms with Crippen molar-refractivity contribution in [2.24, 2.45) is 5.41 Å². The number of carbonyl (C=O) groups excluding carboxylic acids is 1. The van der Waals surface area contributed by atoms with E-state index >= 15 is 0 Å². The smallest absolute Gasteiger partial charge is 0.316 e. The van der Waals surface area contributed by atoms with Crippen LogP contribution in [0.25, 0.3) is 0 Å². The lowest BCUT2D eigenvalue weighted by Gasteiger charge is -2.32. The second-order valence-corrected chi connectivity index (χ2v) is 5.64. The van der Waals surface area contributed by atoms with E-state index in [1.54, 1.807) is 6.07 Å². The molecule has 2 rings (SSSR count). The van der Waals surface area contributed by atoms with Gasteiger partial charge in [0.2, 0.25) is 0 Å². The van der Waals surface area contributed by atoms with Crippen LogP contribution >= 0.6 is 0 Å². The molecule has 0 aliphatic carbocycles. The third kappa shape index (κ3) is 3.39. The summed E-state index contributed by atoms with van der Waals surface area (Å²) >= 11 is 0. The number of ketones is 1. The molecule has 1 heterocycles. The highest BCUT2D eigenvalue weighted by atomic mass is 19.4. The molecule has 1 fully saturated rings. The summed E-state index contributed by atoms with van der Waals surface area (Å²) in [6.45, 7) is 3.38. The van der Waals surface area contributed by atoms with Crippen molar-refractivity contribution in [3.05, 3.63) is 35.4 Å². The standard InChI is InChI=1S/C15H18F3NO/c1-14(6-3-7-19-10-14)13(20)9-11-4-2-5-12(8-11)15(16,17)18/h2,4-5,8,19H,3,6-7,9-10H2,1H3. The van der Waals surface area contributed by atoms with Gasteiger partial charge in [-0.1, -0.05) is 25.1 Å². The second-order valence-electron chi connectivity index (χ2n) is 5.64. The van der Waals surface area contributed by atoms with Crippen molar-refractivity contribution in [3.63, 3.8) is 0 Å². The Morgan fingerprint density at radius 1 is 1.40 bits per heavy atom. The van der Waals surface area contributed by atoms with Gasteiger partial charge in [-0.3, -0.25) is 4.79 Å². The molecule has 0 radical (unpaired) electrons. The molecule has 1 unspecified atom stereocenters. The van der Waals surface area contributed by atoms with Crippen LogP contribution in [0.1, 0.15) is 30.9 Å². The lowest BCUT2D eigenvalue weighted by molar-refractivity contribution is -0.137. The molecule has 0 saturated carbocycles. The fraction of sp³-hybridized carbons (Fsp3) is 0.533. The van der Waals surface area contributed by atoms with Crippen LogP contribution in [0.15, 0.2) is 24.3 Å². The summed E-state index contributed by atoms with van der Waals surface area (Å²) in [6.07, 6.45) is -2.60. The molecule has 0 bridgehead atoms. The number of nitrogens with one attached hydrogen (secondary N) is 1. The van der Waals surface area contributed by atoms with Crippen LogP contribution in [0.3, 0.4) is 0 Å². The Bertz CT molecular complexity index is 490. The molecule has 5 heteroatoms. The van der Waals surface area contributed by atoms with Gasteiger partial charge in [0.25, 0.3) is 0 Å². The van der Waals surface area contributed by atoms with Crippen LogP contribution in [0.5, 0.6) is 0 Å². The first-order valence-electron chi connectivity index (χ1n) is 6.71. The number of hydrogen-bond acceptors (Lipinski definition) is 2.